The zero-order valence-corrected chi connectivity index (χ0v) is 14.5. The van der Waals surface area contributed by atoms with Gasteiger partial charge < -0.3 is 14.6 Å². The second kappa shape index (κ2) is 8.37. The van der Waals surface area contributed by atoms with Crippen molar-refractivity contribution in [1.82, 2.24) is 20.4 Å². The van der Waals surface area contributed by atoms with Crippen LogP contribution in [-0.4, -0.2) is 41.3 Å². The summed E-state index contributed by atoms with van der Waals surface area (Å²) in [6.45, 7) is 6.25. The molecular weight excluding hydrogens is 304 g/mol. The summed E-state index contributed by atoms with van der Waals surface area (Å²) in [5, 5.41) is 7.68. The highest BCUT2D eigenvalue weighted by Gasteiger charge is 2.20. The zero-order chi connectivity index (χ0) is 16.8. The smallest absolute Gasteiger partial charge is 0.223 e. The van der Waals surface area contributed by atoms with Gasteiger partial charge in [0, 0.05) is 33.2 Å². The number of nitrogens with zero attached hydrogens (tertiary/aromatic N) is 3. The summed E-state index contributed by atoms with van der Waals surface area (Å²) in [6, 6.07) is 9.06. The molecule has 0 amide bonds. The fourth-order valence-corrected chi connectivity index (χ4v) is 3.23. The normalized spacial score (nSPS) is 18.8. The van der Waals surface area contributed by atoms with Crippen LogP contribution in [0.15, 0.2) is 28.8 Å². The van der Waals surface area contributed by atoms with Gasteiger partial charge in [-0.2, -0.15) is 4.98 Å². The van der Waals surface area contributed by atoms with Crippen molar-refractivity contribution >= 4 is 0 Å². The minimum atomic E-state index is 0.498. The number of methoxy groups -OCH3 is 1. The minimum Gasteiger partial charge on any atom is -0.380 e. The Balaban J connectivity index is 1.49. The van der Waals surface area contributed by atoms with Crippen LogP contribution in [0, 0.1) is 6.92 Å². The Morgan fingerprint density at radius 1 is 1.38 bits per heavy atom. The minimum absolute atomic E-state index is 0.498. The van der Waals surface area contributed by atoms with Crippen LogP contribution in [-0.2, 0) is 24.4 Å². The topological polar surface area (TPSA) is 63.4 Å². The molecule has 1 fully saturated rings. The lowest BCUT2D eigenvalue weighted by molar-refractivity contribution is 0.177. The summed E-state index contributed by atoms with van der Waals surface area (Å²) >= 11 is 0. The Morgan fingerprint density at radius 3 is 3.04 bits per heavy atom. The number of ether oxygens (including phenoxy) is 1. The fraction of sp³-hybridized carbons (Fsp3) is 0.556. The number of rotatable bonds is 7. The molecule has 1 aliphatic rings. The van der Waals surface area contributed by atoms with Gasteiger partial charge in [-0.25, -0.2) is 0 Å². The monoisotopic (exact) mass is 330 g/mol. The van der Waals surface area contributed by atoms with Crippen molar-refractivity contribution in [2.24, 2.45) is 0 Å². The second-order valence-corrected chi connectivity index (χ2v) is 6.44. The molecule has 0 saturated carbocycles. The lowest BCUT2D eigenvalue weighted by Crippen LogP contribution is -2.45. The standard InChI is InChI=1S/C18H26N4O2/c1-14-20-18(21-24-14)12-22-8-4-7-17(11-22)19-10-15-5-3-6-16(9-15)13-23-2/h3,5-6,9,17,19H,4,7-8,10-13H2,1-2H3. The molecule has 1 aromatic heterocycles. The molecule has 0 bridgehead atoms. The molecule has 0 aliphatic carbocycles. The highest BCUT2D eigenvalue weighted by molar-refractivity contribution is 5.23. The van der Waals surface area contributed by atoms with Crippen LogP contribution >= 0.6 is 0 Å². The molecule has 1 atom stereocenters. The van der Waals surface area contributed by atoms with E-state index in [9.17, 15) is 0 Å². The van der Waals surface area contributed by atoms with Crippen molar-refractivity contribution < 1.29 is 9.26 Å². The number of aromatic nitrogens is 2. The van der Waals surface area contributed by atoms with Crippen LogP contribution in [0.5, 0.6) is 0 Å². The molecule has 0 spiro atoms. The molecule has 3 rings (SSSR count). The zero-order valence-electron chi connectivity index (χ0n) is 14.5. The summed E-state index contributed by atoms with van der Waals surface area (Å²) in [6.07, 6.45) is 2.40. The quantitative estimate of drug-likeness (QED) is 0.840. The summed E-state index contributed by atoms with van der Waals surface area (Å²) in [4.78, 5) is 6.69. The SMILES string of the molecule is COCc1cccc(CNC2CCCN(Cc3noc(C)n3)C2)c1. The highest BCUT2D eigenvalue weighted by Crippen LogP contribution is 2.14. The first-order valence-corrected chi connectivity index (χ1v) is 8.54. The highest BCUT2D eigenvalue weighted by atomic mass is 16.5. The van der Waals surface area contributed by atoms with Crippen molar-refractivity contribution in [2.45, 2.75) is 45.5 Å². The van der Waals surface area contributed by atoms with E-state index in [-0.39, 0.29) is 0 Å². The predicted molar refractivity (Wildman–Crippen MR) is 91.3 cm³/mol. The van der Waals surface area contributed by atoms with E-state index in [2.05, 4.69) is 44.6 Å². The second-order valence-electron chi connectivity index (χ2n) is 6.44. The van der Waals surface area contributed by atoms with Gasteiger partial charge in [0.05, 0.1) is 13.2 Å². The lowest BCUT2D eigenvalue weighted by Gasteiger charge is -2.32. The van der Waals surface area contributed by atoms with Gasteiger partial charge in [-0.15, -0.1) is 0 Å². The molecule has 1 saturated heterocycles. The van der Waals surface area contributed by atoms with E-state index in [1.165, 1.54) is 24.0 Å². The first kappa shape index (κ1) is 17.1. The number of hydrogen-bond donors (Lipinski definition) is 1. The Bertz CT molecular complexity index is 643. The Hall–Kier alpha value is -1.76. The molecule has 6 heteroatoms. The van der Waals surface area contributed by atoms with Gasteiger partial charge in [-0.3, -0.25) is 4.90 Å². The van der Waals surface area contributed by atoms with Crippen molar-refractivity contribution in [3.63, 3.8) is 0 Å². The van der Waals surface area contributed by atoms with Crippen molar-refractivity contribution in [3.8, 4) is 0 Å². The molecule has 6 nitrogen and oxygen atoms in total. The number of nitrogens with one attached hydrogen (secondary N) is 1. The molecule has 1 N–H and O–H groups in total. The van der Waals surface area contributed by atoms with Gasteiger partial charge in [-0.05, 0) is 30.5 Å². The van der Waals surface area contributed by atoms with Crippen LogP contribution in [0.2, 0.25) is 0 Å². The summed E-state index contributed by atoms with van der Waals surface area (Å²) < 4.78 is 10.3. The number of benzene rings is 1. The molecule has 24 heavy (non-hydrogen) atoms. The van der Waals surface area contributed by atoms with Gasteiger partial charge in [0.25, 0.3) is 0 Å². The van der Waals surface area contributed by atoms with Gasteiger partial charge in [0.1, 0.15) is 0 Å². The average molecular weight is 330 g/mol. The van der Waals surface area contributed by atoms with Crippen LogP contribution in [0.3, 0.4) is 0 Å². The number of piperidine rings is 1. The van der Waals surface area contributed by atoms with E-state index in [1.807, 2.05) is 6.92 Å². The van der Waals surface area contributed by atoms with E-state index >= 15 is 0 Å². The summed E-state index contributed by atoms with van der Waals surface area (Å²) in [5.41, 5.74) is 2.52. The molecule has 0 radical (unpaired) electrons. The summed E-state index contributed by atoms with van der Waals surface area (Å²) in [5.74, 6) is 1.41. The molecule has 2 heterocycles. The molecule has 1 unspecified atom stereocenters. The average Bonchev–Trinajstić information content (AvgIpc) is 2.99. The maximum Gasteiger partial charge on any atom is 0.223 e. The van der Waals surface area contributed by atoms with Gasteiger partial charge in [0.2, 0.25) is 5.89 Å². The molecule has 130 valence electrons. The first-order valence-electron chi connectivity index (χ1n) is 8.54. The van der Waals surface area contributed by atoms with Crippen molar-refractivity contribution in [2.75, 3.05) is 20.2 Å². The third kappa shape index (κ3) is 4.87. The number of likely N-dealkylation sites (tertiary alicyclic amines) is 1. The summed E-state index contributed by atoms with van der Waals surface area (Å²) in [7, 11) is 1.73. The van der Waals surface area contributed by atoms with Crippen LogP contribution in [0.1, 0.15) is 35.7 Å². The van der Waals surface area contributed by atoms with Crippen molar-refractivity contribution in [3.05, 3.63) is 47.1 Å². The van der Waals surface area contributed by atoms with Crippen LogP contribution < -0.4 is 5.32 Å². The largest absolute Gasteiger partial charge is 0.380 e. The Kier molecular flexibility index (Phi) is 5.96. The van der Waals surface area contributed by atoms with Gasteiger partial charge in [0.15, 0.2) is 5.82 Å². The third-order valence-electron chi connectivity index (χ3n) is 4.34. The van der Waals surface area contributed by atoms with E-state index < -0.39 is 0 Å². The Labute approximate surface area is 143 Å². The van der Waals surface area contributed by atoms with Crippen molar-refractivity contribution in [1.29, 1.82) is 0 Å². The van der Waals surface area contributed by atoms with Crippen LogP contribution in [0.4, 0.5) is 0 Å². The van der Waals surface area contributed by atoms with E-state index in [1.54, 1.807) is 7.11 Å². The van der Waals surface area contributed by atoms with Gasteiger partial charge >= 0.3 is 0 Å². The fourth-order valence-electron chi connectivity index (χ4n) is 3.23. The lowest BCUT2D eigenvalue weighted by atomic mass is 10.0. The molecule has 2 aromatic rings. The number of hydrogen-bond acceptors (Lipinski definition) is 6. The third-order valence-corrected chi connectivity index (χ3v) is 4.34. The van der Waals surface area contributed by atoms with Crippen LogP contribution in [0.25, 0.3) is 0 Å². The maximum atomic E-state index is 5.20. The molecular formula is C18H26N4O2. The van der Waals surface area contributed by atoms with E-state index in [0.717, 1.165) is 32.0 Å². The maximum absolute atomic E-state index is 5.20. The number of aryl methyl sites for hydroxylation is 1. The molecule has 1 aromatic carbocycles. The van der Waals surface area contributed by atoms with Gasteiger partial charge in [-0.1, -0.05) is 29.4 Å². The Morgan fingerprint density at radius 2 is 2.25 bits per heavy atom. The van der Waals surface area contributed by atoms with E-state index in [4.69, 9.17) is 9.26 Å². The molecule has 1 aliphatic heterocycles. The predicted octanol–water partition coefficient (Wildman–Crippen LogP) is 2.28. The van der Waals surface area contributed by atoms with E-state index in [0.29, 0.717) is 18.5 Å². The first-order chi connectivity index (χ1) is 11.7.